The first-order valence-corrected chi connectivity index (χ1v) is 7.95. The molecule has 0 unspecified atom stereocenters. The van der Waals surface area contributed by atoms with Crippen LogP contribution in [0.4, 0.5) is 0 Å². The van der Waals surface area contributed by atoms with E-state index in [1.807, 2.05) is 25.1 Å². The van der Waals surface area contributed by atoms with Gasteiger partial charge in [-0.05, 0) is 43.3 Å². The molecule has 0 saturated heterocycles. The Bertz CT molecular complexity index is 914. The molecule has 0 aliphatic carbocycles. The van der Waals surface area contributed by atoms with E-state index < -0.39 is 5.97 Å². The molecule has 1 heterocycles. The van der Waals surface area contributed by atoms with E-state index in [9.17, 15) is 4.79 Å². The summed E-state index contributed by atoms with van der Waals surface area (Å²) >= 11 is 0. The van der Waals surface area contributed by atoms with Crippen LogP contribution in [0.1, 0.15) is 16.7 Å². The van der Waals surface area contributed by atoms with E-state index in [-0.39, 0.29) is 11.6 Å². The molecule has 1 aliphatic rings. The van der Waals surface area contributed by atoms with E-state index in [1.165, 1.54) is 0 Å². The monoisotopic (exact) mass is 353 g/mol. The number of hydrogen-bond donors (Lipinski definition) is 0. The van der Waals surface area contributed by atoms with E-state index >= 15 is 0 Å². The minimum atomic E-state index is -0.515. The van der Waals surface area contributed by atoms with Crippen molar-refractivity contribution in [2.45, 2.75) is 6.92 Å². The number of carbonyl (C=O) groups is 1. The van der Waals surface area contributed by atoms with Crippen molar-refractivity contribution >= 4 is 17.9 Å². The Morgan fingerprint density at radius 1 is 0.923 bits per heavy atom. The van der Waals surface area contributed by atoms with Crippen molar-refractivity contribution in [3.63, 3.8) is 0 Å². The Morgan fingerprint density at radius 3 is 2.31 bits per heavy atom. The molecule has 26 heavy (non-hydrogen) atoms. The molecule has 0 radical (unpaired) electrons. The van der Waals surface area contributed by atoms with Gasteiger partial charge in [-0.2, -0.15) is 0 Å². The van der Waals surface area contributed by atoms with Gasteiger partial charge in [-0.25, -0.2) is 9.79 Å². The zero-order valence-corrected chi connectivity index (χ0v) is 15.0. The first kappa shape index (κ1) is 17.5. The smallest absolute Gasteiger partial charge is 0.363 e. The molecular formula is C20H19NO5. The lowest BCUT2D eigenvalue weighted by Gasteiger charge is -2.08. The van der Waals surface area contributed by atoms with E-state index in [0.717, 1.165) is 11.1 Å². The molecule has 0 aromatic heterocycles. The largest absolute Gasteiger partial charge is 0.496 e. The molecule has 2 aromatic rings. The lowest BCUT2D eigenvalue weighted by atomic mass is 10.1. The van der Waals surface area contributed by atoms with Gasteiger partial charge in [-0.15, -0.1) is 0 Å². The Balaban J connectivity index is 1.98. The summed E-state index contributed by atoms with van der Waals surface area (Å²) in [5.74, 6) is 1.47. The number of esters is 1. The second-order valence-corrected chi connectivity index (χ2v) is 5.65. The van der Waals surface area contributed by atoms with Gasteiger partial charge in [-0.3, -0.25) is 0 Å². The van der Waals surface area contributed by atoms with Crippen molar-refractivity contribution in [2.24, 2.45) is 4.99 Å². The van der Waals surface area contributed by atoms with E-state index in [2.05, 4.69) is 4.99 Å². The van der Waals surface area contributed by atoms with Crippen LogP contribution in [0.5, 0.6) is 17.2 Å². The van der Waals surface area contributed by atoms with Crippen LogP contribution in [0.2, 0.25) is 0 Å². The van der Waals surface area contributed by atoms with Crippen molar-refractivity contribution in [1.29, 1.82) is 0 Å². The molecule has 6 nitrogen and oxygen atoms in total. The molecule has 0 fully saturated rings. The molecule has 0 spiro atoms. The third kappa shape index (κ3) is 3.39. The minimum Gasteiger partial charge on any atom is -0.496 e. The van der Waals surface area contributed by atoms with E-state index in [4.69, 9.17) is 18.9 Å². The van der Waals surface area contributed by atoms with Crippen LogP contribution in [0.15, 0.2) is 47.1 Å². The maximum Gasteiger partial charge on any atom is 0.363 e. The highest BCUT2D eigenvalue weighted by Gasteiger charge is 2.25. The van der Waals surface area contributed by atoms with Crippen LogP contribution >= 0.6 is 0 Å². The van der Waals surface area contributed by atoms with Gasteiger partial charge in [0.1, 0.15) is 5.75 Å². The third-order valence-electron chi connectivity index (χ3n) is 3.93. The molecule has 1 aliphatic heterocycles. The number of methoxy groups -OCH3 is 3. The van der Waals surface area contributed by atoms with Gasteiger partial charge >= 0.3 is 5.97 Å². The van der Waals surface area contributed by atoms with Gasteiger partial charge in [-0.1, -0.05) is 11.6 Å². The summed E-state index contributed by atoms with van der Waals surface area (Å²) in [6.45, 7) is 1.97. The topological polar surface area (TPSA) is 66.3 Å². The fourth-order valence-corrected chi connectivity index (χ4v) is 2.62. The van der Waals surface area contributed by atoms with Crippen molar-refractivity contribution in [2.75, 3.05) is 21.3 Å². The zero-order valence-electron chi connectivity index (χ0n) is 15.0. The molecule has 0 N–H and O–H groups in total. The minimum absolute atomic E-state index is 0.207. The summed E-state index contributed by atoms with van der Waals surface area (Å²) in [7, 11) is 4.68. The van der Waals surface area contributed by atoms with Gasteiger partial charge in [0, 0.05) is 11.1 Å². The summed E-state index contributed by atoms with van der Waals surface area (Å²) in [5.41, 5.74) is 2.64. The van der Waals surface area contributed by atoms with E-state index in [1.54, 1.807) is 45.6 Å². The molecule has 134 valence electrons. The SMILES string of the molecule is COc1ccc(C)cc1/C=C1/N=C(c2ccc(OC)c(OC)c2)OC1=O. The quantitative estimate of drug-likeness (QED) is 0.609. The van der Waals surface area contributed by atoms with Crippen molar-refractivity contribution in [3.05, 3.63) is 58.8 Å². The standard InChI is InChI=1S/C20H19NO5/c1-12-5-7-16(23-2)14(9-12)10-15-20(22)26-19(21-15)13-6-8-17(24-3)18(11-13)25-4/h5-11H,1-4H3/b15-10+. The van der Waals surface area contributed by atoms with Gasteiger partial charge < -0.3 is 18.9 Å². The first-order chi connectivity index (χ1) is 12.5. The highest BCUT2D eigenvalue weighted by atomic mass is 16.6. The predicted octanol–water partition coefficient (Wildman–Crippen LogP) is 3.37. The number of carbonyl (C=O) groups excluding carboxylic acids is 1. The molecule has 0 atom stereocenters. The number of cyclic esters (lactones) is 1. The molecule has 2 aromatic carbocycles. The first-order valence-electron chi connectivity index (χ1n) is 7.95. The fourth-order valence-electron chi connectivity index (χ4n) is 2.62. The second kappa shape index (κ2) is 7.31. The normalized spacial score (nSPS) is 14.8. The van der Waals surface area contributed by atoms with Gasteiger partial charge in [0.25, 0.3) is 0 Å². The maximum atomic E-state index is 12.2. The Labute approximate surface area is 151 Å². The van der Waals surface area contributed by atoms with Gasteiger partial charge in [0.15, 0.2) is 17.2 Å². The van der Waals surface area contributed by atoms with Crippen molar-refractivity contribution in [1.82, 2.24) is 0 Å². The number of hydrogen-bond acceptors (Lipinski definition) is 6. The van der Waals surface area contributed by atoms with Crippen molar-refractivity contribution < 1.29 is 23.7 Å². The molecule has 0 saturated carbocycles. The van der Waals surface area contributed by atoms with Crippen LogP contribution in [0.25, 0.3) is 6.08 Å². The summed E-state index contributed by atoms with van der Waals surface area (Å²) in [4.78, 5) is 16.5. The lowest BCUT2D eigenvalue weighted by Crippen LogP contribution is -2.06. The predicted molar refractivity (Wildman–Crippen MR) is 97.9 cm³/mol. The number of nitrogens with zero attached hydrogens (tertiary/aromatic N) is 1. The van der Waals surface area contributed by atoms with Gasteiger partial charge in [0.05, 0.1) is 21.3 Å². The number of rotatable bonds is 5. The summed E-state index contributed by atoms with van der Waals surface area (Å²) in [6.07, 6.45) is 1.65. The molecule has 0 bridgehead atoms. The molecular weight excluding hydrogens is 334 g/mol. The number of aliphatic imine (C=N–C) groups is 1. The Morgan fingerprint density at radius 2 is 1.62 bits per heavy atom. The molecule has 6 heteroatoms. The summed E-state index contributed by atoms with van der Waals surface area (Å²) in [5, 5.41) is 0. The summed E-state index contributed by atoms with van der Waals surface area (Å²) < 4.78 is 21.1. The Hall–Kier alpha value is -3.28. The average Bonchev–Trinajstić information content (AvgIpc) is 3.02. The van der Waals surface area contributed by atoms with Crippen LogP contribution in [0.3, 0.4) is 0 Å². The van der Waals surface area contributed by atoms with Crippen molar-refractivity contribution in [3.8, 4) is 17.2 Å². The fraction of sp³-hybridized carbons (Fsp3) is 0.200. The molecule has 3 rings (SSSR count). The highest BCUT2D eigenvalue weighted by molar-refractivity contribution is 6.13. The summed E-state index contributed by atoms with van der Waals surface area (Å²) in [6, 6.07) is 10.9. The number of aryl methyl sites for hydroxylation is 1. The second-order valence-electron chi connectivity index (χ2n) is 5.65. The van der Waals surface area contributed by atoms with Crippen LogP contribution in [-0.4, -0.2) is 33.2 Å². The van der Waals surface area contributed by atoms with Crippen LogP contribution in [0, 0.1) is 6.92 Å². The third-order valence-corrected chi connectivity index (χ3v) is 3.93. The molecule has 0 amide bonds. The maximum absolute atomic E-state index is 12.2. The number of benzene rings is 2. The zero-order chi connectivity index (χ0) is 18.7. The number of ether oxygens (including phenoxy) is 4. The Kier molecular flexibility index (Phi) is 4.93. The van der Waals surface area contributed by atoms with Crippen LogP contribution < -0.4 is 14.2 Å². The van der Waals surface area contributed by atoms with E-state index in [0.29, 0.717) is 22.8 Å². The van der Waals surface area contributed by atoms with Crippen LogP contribution in [-0.2, 0) is 9.53 Å². The van der Waals surface area contributed by atoms with Gasteiger partial charge in [0.2, 0.25) is 5.90 Å². The average molecular weight is 353 g/mol. The lowest BCUT2D eigenvalue weighted by molar-refractivity contribution is -0.129. The highest BCUT2D eigenvalue weighted by Crippen LogP contribution is 2.30.